The van der Waals surface area contributed by atoms with Gasteiger partial charge in [0, 0.05) is 43.5 Å². The number of para-hydroxylation sites is 1. The Balaban J connectivity index is 1.35. The largest absolute Gasteiger partial charge is 0.369 e. The SMILES string of the molecule is Cc1ccc(-c2cc(CN3CCN(c4ccccc4)CC3)on2)cc1. The standard InChI is InChI=1S/C21H23N3O/c1-17-7-9-18(10-8-17)21-15-20(25-22-21)16-23-11-13-24(14-12-23)19-5-3-2-4-6-19/h2-10,15H,11-14,16H2,1H3. The molecule has 1 aliphatic heterocycles. The van der Waals surface area contributed by atoms with Gasteiger partial charge in [-0.2, -0.15) is 0 Å². The van der Waals surface area contributed by atoms with Gasteiger partial charge < -0.3 is 9.42 Å². The van der Waals surface area contributed by atoms with Crippen LogP contribution in [0.2, 0.25) is 0 Å². The number of piperazine rings is 1. The summed E-state index contributed by atoms with van der Waals surface area (Å²) < 4.78 is 5.56. The number of rotatable bonds is 4. The van der Waals surface area contributed by atoms with Gasteiger partial charge in [-0.1, -0.05) is 53.2 Å². The summed E-state index contributed by atoms with van der Waals surface area (Å²) >= 11 is 0. The highest BCUT2D eigenvalue weighted by Crippen LogP contribution is 2.21. The number of anilines is 1. The number of hydrogen-bond acceptors (Lipinski definition) is 4. The van der Waals surface area contributed by atoms with E-state index in [0.717, 1.165) is 49.7 Å². The number of benzene rings is 2. The van der Waals surface area contributed by atoms with Crippen molar-refractivity contribution in [3.8, 4) is 11.3 Å². The zero-order chi connectivity index (χ0) is 17.1. The maximum absolute atomic E-state index is 5.56. The highest BCUT2D eigenvalue weighted by Gasteiger charge is 2.18. The molecule has 1 fully saturated rings. The molecule has 0 unspecified atom stereocenters. The lowest BCUT2D eigenvalue weighted by Gasteiger charge is -2.35. The second-order valence-corrected chi connectivity index (χ2v) is 6.64. The third-order valence-electron chi connectivity index (χ3n) is 4.78. The Labute approximate surface area is 148 Å². The van der Waals surface area contributed by atoms with Gasteiger partial charge in [0.15, 0.2) is 5.76 Å². The van der Waals surface area contributed by atoms with Gasteiger partial charge >= 0.3 is 0 Å². The van der Waals surface area contributed by atoms with E-state index in [1.807, 2.05) is 0 Å². The summed E-state index contributed by atoms with van der Waals surface area (Å²) in [7, 11) is 0. The molecular formula is C21H23N3O. The zero-order valence-electron chi connectivity index (χ0n) is 14.6. The van der Waals surface area contributed by atoms with Gasteiger partial charge in [-0.25, -0.2) is 0 Å². The Bertz CT molecular complexity index is 803. The average Bonchev–Trinajstić information content (AvgIpc) is 3.12. The Morgan fingerprint density at radius 3 is 2.36 bits per heavy atom. The molecule has 128 valence electrons. The van der Waals surface area contributed by atoms with E-state index >= 15 is 0 Å². The van der Waals surface area contributed by atoms with E-state index in [1.165, 1.54) is 11.3 Å². The topological polar surface area (TPSA) is 32.5 Å². The van der Waals surface area contributed by atoms with Crippen molar-refractivity contribution in [1.29, 1.82) is 0 Å². The van der Waals surface area contributed by atoms with Gasteiger partial charge in [0.25, 0.3) is 0 Å². The molecule has 0 radical (unpaired) electrons. The molecule has 3 aromatic rings. The van der Waals surface area contributed by atoms with Gasteiger partial charge in [-0.15, -0.1) is 0 Å². The first kappa shape index (κ1) is 15.9. The molecular weight excluding hydrogens is 310 g/mol. The first-order valence-electron chi connectivity index (χ1n) is 8.83. The molecule has 1 aliphatic rings. The Kier molecular flexibility index (Phi) is 4.53. The monoisotopic (exact) mass is 333 g/mol. The summed E-state index contributed by atoms with van der Waals surface area (Å²) in [6.45, 7) is 7.07. The van der Waals surface area contributed by atoms with Crippen LogP contribution in [0.5, 0.6) is 0 Å². The molecule has 0 saturated carbocycles. The molecule has 0 spiro atoms. The summed E-state index contributed by atoms with van der Waals surface area (Å²) in [6.07, 6.45) is 0. The van der Waals surface area contributed by atoms with Crippen LogP contribution in [0, 0.1) is 6.92 Å². The van der Waals surface area contributed by atoms with E-state index in [1.54, 1.807) is 0 Å². The van der Waals surface area contributed by atoms with E-state index < -0.39 is 0 Å². The number of nitrogens with zero attached hydrogens (tertiary/aromatic N) is 3. The molecule has 0 atom stereocenters. The van der Waals surface area contributed by atoms with Gasteiger partial charge in [-0.3, -0.25) is 4.90 Å². The first-order valence-corrected chi connectivity index (χ1v) is 8.83. The minimum atomic E-state index is 0.821. The van der Waals surface area contributed by atoms with Crippen LogP contribution in [0.1, 0.15) is 11.3 Å². The maximum Gasteiger partial charge on any atom is 0.151 e. The van der Waals surface area contributed by atoms with Crippen molar-refractivity contribution in [2.24, 2.45) is 0 Å². The molecule has 0 aliphatic carbocycles. The van der Waals surface area contributed by atoms with Crippen LogP contribution < -0.4 is 4.90 Å². The normalized spacial score (nSPS) is 15.5. The first-order chi connectivity index (χ1) is 12.3. The molecule has 1 saturated heterocycles. The summed E-state index contributed by atoms with van der Waals surface area (Å²) in [5.41, 5.74) is 4.58. The van der Waals surface area contributed by atoms with Crippen molar-refractivity contribution >= 4 is 5.69 Å². The van der Waals surface area contributed by atoms with Crippen LogP contribution in [0.3, 0.4) is 0 Å². The van der Waals surface area contributed by atoms with Crippen LogP contribution in [0.25, 0.3) is 11.3 Å². The van der Waals surface area contributed by atoms with E-state index in [0.29, 0.717) is 0 Å². The van der Waals surface area contributed by atoms with Crippen molar-refractivity contribution in [3.05, 3.63) is 72.0 Å². The molecule has 0 amide bonds. The lowest BCUT2D eigenvalue weighted by molar-refractivity contribution is 0.220. The third-order valence-corrected chi connectivity index (χ3v) is 4.78. The minimum Gasteiger partial charge on any atom is -0.369 e. The van der Waals surface area contributed by atoms with Crippen LogP contribution >= 0.6 is 0 Å². The van der Waals surface area contributed by atoms with Crippen molar-refractivity contribution in [2.75, 3.05) is 31.1 Å². The van der Waals surface area contributed by atoms with Gasteiger partial charge in [0.1, 0.15) is 5.69 Å². The van der Waals surface area contributed by atoms with Crippen LogP contribution in [-0.4, -0.2) is 36.2 Å². The van der Waals surface area contributed by atoms with E-state index in [4.69, 9.17) is 4.52 Å². The summed E-state index contributed by atoms with van der Waals surface area (Å²) in [6, 6.07) is 21.1. The predicted octanol–water partition coefficient (Wildman–Crippen LogP) is 3.97. The number of aryl methyl sites for hydroxylation is 1. The van der Waals surface area contributed by atoms with Gasteiger partial charge in [0.05, 0.1) is 6.54 Å². The second-order valence-electron chi connectivity index (χ2n) is 6.64. The zero-order valence-corrected chi connectivity index (χ0v) is 14.6. The molecule has 1 aromatic heterocycles. The van der Waals surface area contributed by atoms with E-state index in [-0.39, 0.29) is 0 Å². The fraction of sp³-hybridized carbons (Fsp3) is 0.286. The lowest BCUT2D eigenvalue weighted by atomic mass is 10.1. The fourth-order valence-electron chi connectivity index (χ4n) is 3.27. The van der Waals surface area contributed by atoms with Crippen molar-refractivity contribution in [3.63, 3.8) is 0 Å². The maximum atomic E-state index is 5.56. The van der Waals surface area contributed by atoms with Crippen molar-refractivity contribution in [2.45, 2.75) is 13.5 Å². The number of hydrogen-bond donors (Lipinski definition) is 0. The second kappa shape index (κ2) is 7.11. The molecule has 0 N–H and O–H groups in total. The van der Waals surface area contributed by atoms with Crippen molar-refractivity contribution < 1.29 is 4.52 Å². The predicted molar refractivity (Wildman–Crippen MR) is 101 cm³/mol. The average molecular weight is 333 g/mol. The Morgan fingerprint density at radius 1 is 0.920 bits per heavy atom. The molecule has 4 heteroatoms. The molecule has 4 nitrogen and oxygen atoms in total. The van der Waals surface area contributed by atoms with Crippen LogP contribution in [-0.2, 0) is 6.54 Å². The molecule has 0 bridgehead atoms. The summed E-state index contributed by atoms with van der Waals surface area (Å²) in [5, 5.41) is 4.23. The smallest absolute Gasteiger partial charge is 0.151 e. The summed E-state index contributed by atoms with van der Waals surface area (Å²) in [5.74, 6) is 0.934. The van der Waals surface area contributed by atoms with E-state index in [9.17, 15) is 0 Å². The van der Waals surface area contributed by atoms with Crippen LogP contribution in [0.15, 0.2) is 65.2 Å². The highest BCUT2D eigenvalue weighted by atomic mass is 16.5. The van der Waals surface area contributed by atoms with Crippen molar-refractivity contribution in [1.82, 2.24) is 10.1 Å². The Hall–Kier alpha value is -2.59. The Morgan fingerprint density at radius 2 is 1.64 bits per heavy atom. The van der Waals surface area contributed by atoms with E-state index in [2.05, 4.69) is 82.5 Å². The van der Waals surface area contributed by atoms with Gasteiger partial charge in [-0.05, 0) is 19.1 Å². The molecule has 2 aromatic carbocycles. The molecule has 25 heavy (non-hydrogen) atoms. The quantitative estimate of drug-likeness (QED) is 0.723. The summed E-state index contributed by atoms with van der Waals surface area (Å²) in [4.78, 5) is 4.87. The highest BCUT2D eigenvalue weighted by molar-refractivity contribution is 5.59. The lowest BCUT2D eigenvalue weighted by Crippen LogP contribution is -2.45. The molecule has 4 rings (SSSR count). The van der Waals surface area contributed by atoms with Gasteiger partial charge in [0.2, 0.25) is 0 Å². The number of aromatic nitrogens is 1. The minimum absolute atomic E-state index is 0.821. The molecule has 2 heterocycles. The fourth-order valence-corrected chi connectivity index (χ4v) is 3.27. The van der Waals surface area contributed by atoms with Crippen LogP contribution in [0.4, 0.5) is 5.69 Å². The third kappa shape index (κ3) is 3.74.